The molecule has 0 bridgehead atoms. The first-order valence-corrected chi connectivity index (χ1v) is 7.78. The van der Waals surface area contributed by atoms with Crippen molar-refractivity contribution in [3.05, 3.63) is 64.1 Å². The monoisotopic (exact) mass is 358 g/mol. The van der Waals surface area contributed by atoms with E-state index in [4.69, 9.17) is 27.9 Å². The molecule has 0 aliphatic heterocycles. The van der Waals surface area contributed by atoms with E-state index in [0.29, 0.717) is 22.4 Å². The van der Waals surface area contributed by atoms with Gasteiger partial charge < -0.3 is 4.74 Å². The van der Waals surface area contributed by atoms with Gasteiger partial charge in [0.1, 0.15) is 10.8 Å². The first kappa shape index (κ1) is 14.7. The lowest BCUT2D eigenvalue weighted by molar-refractivity contribution is 0.298. The van der Waals surface area contributed by atoms with Gasteiger partial charge in [0.25, 0.3) is 0 Å². The molecule has 1 unspecified atom stereocenters. The summed E-state index contributed by atoms with van der Waals surface area (Å²) in [6.45, 7) is 0.551. The molecule has 1 nitrogen and oxygen atoms in total. The van der Waals surface area contributed by atoms with Crippen LogP contribution in [0.4, 0.5) is 0 Å². The quantitative estimate of drug-likeness (QED) is 0.636. The molecule has 0 heterocycles. The van der Waals surface area contributed by atoms with Crippen LogP contribution in [0.25, 0.3) is 0 Å². The molecule has 0 aromatic heterocycles. The topological polar surface area (TPSA) is 9.23 Å². The van der Waals surface area contributed by atoms with E-state index in [0.717, 1.165) is 5.33 Å². The Morgan fingerprint density at radius 3 is 2.42 bits per heavy atom. The number of alkyl halides is 1. The van der Waals surface area contributed by atoms with Gasteiger partial charge in [-0.05, 0) is 17.7 Å². The second-order valence-electron chi connectivity index (χ2n) is 4.12. The second kappa shape index (κ2) is 7.18. The highest BCUT2D eigenvalue weighted by Gasteiger charge is 2.12. The Bertz CT molecular complexity index is 531. The highest BCUT2D eigenvalue weighted by Crippen LogP contribution is 2.32. The Kier molecular flexibility index (Phi) is 5.56. The van der Waals surface area contributed by atoms with Crippen molar-refractivity contribution in [3.8, 4) is 5.75 Å². The summed E-state index contributed by atoms with van der Waals surface area (Å²) in [7, 11) is 0. The van der Waals surface area contributed by atoms with Crippen molar-refractivity contribution < 1.29 is 4.74 Å². The molecule has 2 rings (SSSR count). The van der Waals surface area contributed by atoms with Crippen LogP contribution in [0.15, 0.2) is 48.5 Å². The second-order valence-corrected chi connectivity index (χ2v) is 5.56. The zero-order valence-electron chi connectivity index (χ0n) is 10.2. The molecule has 2 aromatic carbocycles. The van der Waals surface area contributed by atoms with Crippen molar-refractivity contribution in [2.75, 3.05) is 11.9 Å². The Morgan fingerprint density at radius 2 is 1.74 bits per heavy atom. The maximum Gasteiger partial charge on any atom is 0.139 e. The summed E-state index contributed by atoms with van der Waals surface area (Å²) >= 11 is 15.6. The molecule has 0 aliphatic carbocycles. The fourth-order valence-corrected chi connectivity index (χ4v) is 2.65. The summed E-state index contributed by atoms with van der Waals surface area (Å²) < 4.78 is 5.78. The van der Waals surface area contributed by atoms with Gasteiger partial charge in [0, 0.05) is 11.2 Å². The smallest absolute Gasteiger partial charge is 0.139 e. The fraction of sp³-hybridized carbons (Fsp3) is 0.200. The first-order valence-electron chi connectivity index (χ1n) is 5.90. The van der Waals surface area contributed by atoms with E-state index in [1.807, 2.05) is 30.3 Å². The number of hydrogen-bond acceptors (Lipinski definition) is 1. The third kappa shape index (κ3) is 3.88. The van der Waals surface area contributed by atoms with E-state index in [9.17, 15) is 0 Å². The van der Waals surface area contributed by atoms with Crippen LogP contribution in [0, 0.1) is 0 Å². The predicted octanol–water partition coefficient (Wildman–Crippen LogP) is 5.55. The van der Waals surface area contributed by atoms with Gasteiger partial charge in [0.2, 0.25) is 0 Å². The van der Waals surface area contributed by atoms with Crippen molar-refractivity contribution in [3.63, 3.8) is 0 Å². The van der Waals surface area contributed by atoms with Crippen LogP contribution in [0.5, 0.6) is 5.75 Å². The van der Waals surface area contributed by atoms with E-state index < -0.39 is 0 Å². The van der Waals surface area contributed by atoms with Crippen LogP contribution in [0.1, 0.15) is 11.5 Å². The summed E-state index contributed by atoms with van der Waals surface area (Å²) in [5.74, 6) is 0.896. The molecule has 0 aliphatic rings. The molecule has 0 radical (unpaired) electrons. The van der Waals surface area contributed by atoms with Crippen molar-refractivity contribution in [1.29, 1.82) is 0 Å². The van der Waals surface area contributed by atoms with E-state index in [2.05, 4.69) is 28.1 Å². The molecule has 4 heteroatoms. The number of halogens is 3. The Labute approximate surface area is 131 Å². The zero-order valence-corrected chi connectivity index (χ0v) is 13.3. The van der Waals surface area contributed by atoms with Gasteiger partial charge in [0.15, 0.2) is 0 Å². The van der Waals surface area contributed by atoms with Gasteiger partial charge in [-0.2, -0.15) is 0 Å². The third-order valence-corrected chi connectivity index (χ3v) is 4.40. The molecule has 100 valence electrons. The SMILES string of the molecule is Clc1cccc(OCC(CBr)c2ccccc2)c1Cl. The molecule has 0 fully saturated rings. The highest BCUT2D eigenvalue weighted by atomic mass is 79.9. The lowest BCUT2D eigenvalue weighted by Gasteiger charge is -2.16. The summed E-state index contributed by atoms with van der Waals surface area (Å²) in [6, 6.07) is 15.6. The van der Waals surface area contributed by atoms with Crippen LogP contribution in [0.3, 0.4) is 0 Å². The van der Waals surface area contributed by atoms with E-state index in [1.165, 1.54) is 5.56 Å². The predicted molar refractivity (Wildman–Crippen MR) is 84.9 cm³/mol. The molecule has 19 heavy (non-hydrogen) atoms. The Balaban J connectivity index is 2.06. The largest absolute Gasteiger partial charge is 0.491 e. The lowest BCUT2D eigenvalue weighted by Crippen LogP contribution is -2.11. The molecular weight excluding hydrogens is 347 g/mol. The van der Waals surface area contributed by atoms with Crippen LogP contribution in [-0.4, -0.2) is 11.9 Å². The maximum atomic E-state index is 6.10. The molecule has 0 amide bonds. The summed E-state index contributed by atoms with van der Waals surface area (Å²) in [5, 5.41) is 1.80. The fourth-order valence-electron chi connectivity index (χ4n) is 1.74. The van der Waals surface area contributed by atoms with Crippen LogP contribution >= 0.6 is 39.1 Å². The molecule has 0 N–H and O–H groups in total. The number of hydrogen-bond donors (Lipinski definition) is 0. The molecular formula is C15H13BrCl2O. The van der Waals surface area contributed by atoms with Gasteiger partial charge in [0.05, 0.1) is 11.6 Å². The normalized spacial score (nSPS) is 12.2. The molecule has 2 aromatic rings. The molecule has 0 saturated heterocycles. The average molecular weight is 360 g/mol. The van der Waals surface area contributed by atoms with Gasteiger partial charge >= 0.3 is 0 Å². The number of ether oxygens (including phenoxy) is 1. The van der Waals surface area contributed by atoms with E-state index >= 15 is 0 Å². The highest BCUT2D eigenvalue weighted by molar-refractivity contribution is 9.09. The summed E-state index contributed by atoms with van der Waals surface area (Å²) in [6.07, 6.45) is 0. The standard InChI is InChI=1S/C15H13BrCl2O/c16-9-12(11-5-2-1-3-6-11)10-19-14-8-4-7-13(17)15(14)18/h1-8,12H,9-10H2. The van der Waals surface area contributed by atoms with Crippen molar-refractivity contribution in [1.82, 2.24) is 0 Å². The zero-order chi connectivity index (χ0) is 13.7. The lowest BCUT2D eigenvalue weighted by atomic mass is 10.0. The number of benzene rings is 2. The van der Waals surface area contributed by atoms with E-state index in [1.54, 1.807) is 6.07 Å². The maximum absolute atomic E-state index is 6.10. The summed E-state index contributed by atoms with van der Waals surface area (Å²) in [4.78, 5) is 0. The van der Waals surface area contributed by atoms with Gasteiger partial charge in [-0.3, -0.25) is 0 Å². The van der Waals surface area contributed by atoms with E-state index in [-0.39, 0.29) is 5.92 Å². The molecule has 1 atom stereocenters. The van der Waals surface area contributed by atoms with Crippen LogP contribution in [0.2, 0.25) is 10.0 Å². The van der Waals surface area contributed by atoms with Crippen molar-refractivity contribution >= 4 is 39.1 Å². The Morgan fingerprint density at radius 1 is 1.00 bits per heavy atom. The number of rotatable bonds is 5. The van der Waals surface area contributed by atoms with Gasteiger partial charge in [-0.25, -0.2) is 0 Å². The van der Waals surface area contributed by atoms with Crippen LogP contribution < -0.4 is 4.74 Å². The van der Waals surface area contributed by atoms with Crippen molar-refractivity contribution in [2.24, 2.45) is 0 Å². The first-order chi connectivity index (χ1) is 9.22. The minimum absolute atomic E-state index is 0.274. The minimum atomic E-state index is 0.274. The third-order valence-electron chi connectivity index (χ3n) is 2.81. The minimum Gasteiger partial charge on any atom is -0.491 e. The van der Waals surface area contributed by atoms with Gasteiger partial charge in [-0.15, -0.1) is 0 Å². The average Bonchev–Trinajstić information content (AvgIpc) is 2.45. The molecule has 0 saturated carbocycles. The van der Waals surface area contributed by atoms with Gasteiger partial charge in [-0.1, -0.05) is 75.5 Å². The Hall–Kier alpha value is -0.700. The summed E-state index contributed by atoms with van der Waals surface area (Å²) in [5.41, 5.74) is 1.23. The van der Waals surface area contributed by atoms with Crippen LogP contribution in [-0.2, 0) is 0 Å². The van der Waals surface area contributed by atoms with Crippen molar-refractivity contribution in [2.45, 2.75) is 5.92 Å². The molecule has 0 spiro atoms.